The molecule has 3 saturated carbocycles. The maximum atomic E-state index is 12.6. The molecule has 4 aliphatic rings. The highest BCUT2D eigenvalue weighted by molar-refractivity contribution is 5.81. The summed E-state index contributed by atoms with van der Waals surface area (Å²) in [5.41, 5.74) is 2.67. The number of methoxy groups -OCH3 is 1. The summed E-state index contributed by atoms with van der Waals surface area (Å²) in [6, 6.07) is 6.90. The number of carbonyl (C=O) groups excluding carboxylic acids is 1. The van der Waals surface area contributed by atoms with E-state index in [1.165, 1.54) is 49.7 Å². The molecule has 5 rings (SSSR count). The van der Waals surface area contributed by atoms with Crippen LogP contribution in [0.2, 0.25) is 0 Å². The number of nitrogens with zero attached hydrogens (tertiary/aromatic N) is 1. The zero-order valence-corrected chi connectivity index (χ0v) is 17.2. The minimum absolute atomic E-state index is 0.0568. The van der Waals surface area contributed by atoms with Gasteiger partial charge in [0, 0.05) is 24.4 Å². The first kappa shape index (κ1) is 18.5. The third-order valence-electron chi connectivity index (χ3n) is 7.84. The summed E-state index contributed by atoms with van der Waals surface area (Å²) >= 11 is 0. The SMILES string of the molecule is COc1cc(C2CC2)cc(C2CCC3(CC2)CN(C(=O)[C@H]2C[C@@](C)(O)C2)C3)c1. The van der Waals surface area contributed by atoms with Gasteiger partial charge in [-0.3, -0.25) is 4.79 Å². The maximum absolute atomic E-state index is 12.6. The third kappa shape index (κ3) is 3.34. The third-order valence-corrected chi connectivity index (χ3v) is 7.84. The molecular formula is C24H33NO3. The molecule has 4 fully saturated rings. The molecule has 0 radical (unpaired) electrons. The van der Waals surface area contributed by atoms with Gasteiger partial charge in [-0.15, -0.1) is 0 Å². The maximum Gasteiger partial charge on any atom is 0.225 e. The second kappa shape index (κ2) is 6.48. The normalized spacial score (nSPS) is 32.0. The molecule has 0 bridgehead atoms. The number of aliphatic hydroxyl groups is 1. The van der Waals surface area contributed by atoms with Gasteiger partial charge in [-0.1, -0.05) is 6.07 Å². The van der Waals surface area contributed by atoms with Crippen LogP contribution in [0.5, 0.6) is 5.75 Å². The lowest BCUT2D eigenvalue weighted by Crippen LogP contribution is -2.62. The van der Waals surface area contributed by atoms with Crippen LogP contribution in [0.15, 0.2) is 18.2 Å². The van der Waals surface area contributed by atoms with E-state index >= 15 is 0 Å². The van der Waals surface area contributed by atoms with Crippen LogP contribution in [0.4, 0.5) is 0 Å². The Bertz CT molecular complexity index is 758. The first-order chi connectivity index (χ1) is 13.4. The van der Waals surface area contributed by atoms with Crippen LogP contribution in [0.3, 0.4) is 0 Å². The minimum Gasteiger partial charge on any atom is -0.497 e. The van der Waals surface area contributed by atoms with Crippen molar-refractivity contribution in [1.82, 2.24) is 4.90 Å². The topological polar surface area (TPSA) is 49.8 Å². The lowest BCUT2D eigenvalue weighted by atomic mass is 9.63. The van der Waals surface area contributed by atoms with Crippen molar-refractivity contribution in [1.29, 1.82) is 0 Å². The van der Waals surface area contributed by atoms with E-state index in [0.717, 1.165) is 24.8 Å². The Labute approximate surface area is 168 Å². The van der Waals surface area contributed by atoms with Crippen LogP contribution in [0, 0.1) is 11.3 Å². The molecule has 0 unspecified atom stereocenters. The Morgan fingerprint density at radius 2 is 1.61 bits per heavy atom. The molecule has 1 aliphatic heterocycles. The average molecular weight is 384 g/mol. The van der Waals surface area contributed by atoms with Crippen LogP contribution in [0.25, 0.3) is 0 Å². The first-order valence-electron chi connectivity index (χ1n) is 11.1. The molecule has 4 heteroatoms. The van der Waals surface area contributed by atoms with Gasteiger partial charge in [-0.25, -0.2) is 0 Å². The van der Waals surface area contributed by atoms with Gasteiger partial charge in [0.2, 0.25) is 5.91 Å². The molecule has 1 aromatic carbocycles. The molecule has 0 aromatic heterocycles. The molecule has 0 atom stereocenters. The molecule has 1 saturated heterocycles. The van der Waals surface area contributed by atoms with Crippen LogP contribution in [-0.2, 0) is 4.79 Å². The largest absolute Gasteiger partial charge is 0.497 e. The van der Waals surface area contributed by atoms with Gasteiger partial charge in [-0.2, -0.15) is 0 Å². The molecule has 1 N–H and O–H groups in total. The van der Waals surface area contributed by atoms with Gasteiger partial charge in [0.1, 0.15) is 5.75 Å². The fourth-order valence-corrected chi connectivity index (χ4v) is 5.89. The number of ether oxygens (including phenoxy) is 1. The van der Waals surface area contributed by atoms with Crippen molar-refractivity contribution in [3.63, 3.8) is 0 Å². The molecule has 1 amide bonds. The summed E-state index contributed by atoms with van der Waals surface area (Å²) in [7, 11) is 1.77. The summed E-state index contributed by atoms with van der Waals surface area (Å²) in [5, 5.41) is 9.90. The number of carbonyl (C=O) groups is 1. The van der Waals surface area contributed by atoms with Crippen LogP contribution in [-0.4, -0.2) is 41.7 Å². The van der Waals surface area contributed by atoms with E-state index in [4.69, 9.17) is 4.74 Å². The van der Waals surface area contributed by atoms with E-state index in [-0.39, 0.29) is 11.8 Å². The smallest absolute Gasteiger partial charge is 0.225 e. The Morgan fingerprint density at radius 3 is 2.11 bits per heavy atom. The quantitative estimate of drug-likeness (QED) is 0.847. The van der Waals surface area contributed by atoms with Gasteiger partial charge in [-0.05, 0) is 93.4 Å². The lowest BCUT2D eigenvalue weighted by molar-refractivity contribution is -0.163. The summed E-state index contributed by atoms with van der Waals surface area (Å²) < 4.78 is 5.57. The van der Waals surface area contributed by atoms with Crippen molar-refractivity contribution < 1.29 is 14.6 Å². The molecule has 1 spiro atoms. The van der Waals surface area contributed by atoms with Crippen molar-refractivity contribution >= 4 is 5.91 Å². The van der Waals surface area contributed by atoms with Crippen molar-refractivity contribution in [2.75, 3.05) is 20.2 Å². The Hall–Kier alpha value is -1.55. The fraction of sp³-hybridized carbons (Fsp3) is 0.708. The Morgan fingerprint density at radius 1 is 1.04 bits per heavy atom. The fourth-order valence-electron chi connectivity index (χ4n) is 5.89. The van der Waals surface area contributed by atoms with Gasteiger partial charge in [0.25, 0.3) is 0 Å². The molecule has 3 aliphatic carbocycles. The van der Waals surface area contributed by atoms with E-state index in [2.05, 4.69) is 23.1 Å². The van der Waals surface area contributed by atoms with Crippen LogP contribution >= 0.6 is 0 Å². The van der Waals surface area contributed by atoms with Gasteiger partial charge < -0.3 is 14.7 Å². The van der Waals surface area contributed by atoms with Gasteiger partial charge in [0.15, 0.2) is 0 Å². The summed E-state index contributed by atoms with van der Waals surface area (Å²) in [6.07, 6.45) is 8.79. The van der Waals surface area contributed by atoms with Crippen LogP contribution in [0.1, 0.15) is 81.3 Å². The Balaban J connectivity index is 1.18. The minimum atomic E-state index is -0.614. The van der Waals surface area contributed by atoms with Crippen molar-refractivity contribution in [2.24, 2.45) is 11.3 Å². The molecular weight excluding hydrogens is 350 g/mol. The lowest BCUT2D eigenvalue weighted by Gasteiger charge is -2.55. The van der Waals surface area contributed by atoms with Crippen LogP contribution < -0.4 is 4.74 Å². The predicted molar refractivity (Wildman–Crippen MR) is 109 cm³/mol. The second-order valence-corrected chi connectivity index (χ2v) is 10.4. The highest BCUT2D eigenvalue weighted by Gasteiger charge is 2.51. The standard InChI is InChI=1S/C24H33NO3/c1-23(27)12-20(13-23)22(26)25-14-24(15-25)7-5-17(6-8-24)19-9-18(16-3-4-16)10-21(11-19)28-2/h9-11,16-17,20,27H,3-8,12-15H2,1-2H3/t20-,23+. The number of rotatable bonds is 4. The average Bonchev–Trinajstić information content (AvgIpc) is 3.48. The summed E-state index contributed by atoms with van der Waals surface area (Å²) in [4.78, 5) is 14.6. The molecule has 1 aromatic rings. The second-order valence-electron chi connectivity index (χ2n) is 10.4. The van der Waals surface area contributed by atoms with Crippen molar-refractivity contribution in [2.45, 2.75) is 75.7 Å². The van der Waals surface area contributed by atoms with E-state index in [1.807, 2.05) is 6.92 Å². The number of benzene rings is 1. The van der Waals surface area contributed by atoms with E-state index in [1.54, 1.807) is 7.11 Å². The molecule has 1 heterocycles. The monoisotopic (exact) mass is 383 g/mol. The van der Waals surface area contributed by atoms with Crippen molar-refractivity contribution in [3.05, 3.63) is 29.3 Å². The van der Waals surface area contributed by atoms with E-state index in [9.17, 15) is 9.90 Å². The highest BCUT2D eigenvalue weighted by atomic mass is 16.5. The van der Waals surface area contributed by atoms with E-state index in [0.29, 0.717) is 24.2 Å². The van der Waals surface area contributed by atoms with Gasteiger partial charge >= 0.3 is 0 Å². The van der Waals surface area contributed by atoms with Gasteiger partial charge in [0.05, 0.1) is 12.7 Å². The zero-order chi connectivity index (χ0) is 19.5. The predicted octanol–water partition coefficient (Wildman–Crippen LogP) is 4.22. The number of hydrogen-bond acceptors (Lipinski definition) is 3. The highest BCUT2D eigenvalue weighted by Crippen LogP contribution is 2.51. The summed E-state index contributed by atoms with van der Waals surface area (Å²) in [5.74, 6) is 2.73. The first-order valence-corrected chi connectivity index (χ1v) is 11.1. The zero-order valence-electron chi connectivity index (χ0n) is 17.2. The molecule has 152 valence electrons. The molecule has 4 nitrogen and oxygen atoms in total. The number of amides is 1. The van der Waals surface area contributed by atoms with E-state index < -0.39 is 5.60 Å². The number of likely N-dealkylation sites (tertiary alicyclic amines) is 1. The molecule has 28 heavy (non-hydrogen) atoms. The Kier molecular flexibility index (Phi) is 4.28. The summed E-state index contributed by atoms with van der Waals surface area (Å²) in [6.45, 7) is 3.70. The number of hydrogen-bond donors (Lipinski definition) is 1. The van der Waals surface area contributed by atoms with Crippen molar-refractivity contribution in [3.8, 4) is 5.75 Å².